The van der Waals surface area contributed by atoms with Gasteiger partial charge in [-0.05, 0) is 37.5 Å². The summed E-state index contributed by atoms with van der Waals surface area (Å²) in [6.07, 6.45) is 2.22. The summed E-state index contributed by atoms with van der Waals surface area (Å²) in [7, 11) is 0. The molecule has 1 saturated heterocycles. The van der Waals surface area contributed by atoms with Crippen LogP contribution in [-0.2, 0) is 11.2 Å². The molecule has 2 nitrogen and oxygen atoms in total. The van der Waals surface area contributed by atoms with Gasteiger partial charge in [0.1, 0.15) is 0 Å². The van der Waals surface area contributed by atoms with Crippen molar-refractivity contribution in [3.8, 4) is 0 Å². The van der Waals surface area contributed by atoms with Gasteiger partial charge in [-0.15, -0.1) is 0 Å². The maximum Gasteiger partial charge on any atom is 0.0646 e. The van der Waals surface area contributed by atoms with Gasteiger partial charge in [0, 0.05) is 16.6 Å². The highest BCUT2D eigenvalue weighted by Crippen LogP contribution is 2.18. The van der Waals surface area contributed by atoms with Crippen LogP contribution in [0.2, 0.25) is 0 Å². The van der Waals surface area contributed by atoms with Gasteiger partial charge in [0.15, 0.2) is 0 Å². The van der Waals surface area contributed by atoms with Crippen LogP contribution in [0.25, 0.3) is 0 Å². The monoisotopic (exact) mass is 283 g/mol. The minimum absolute atomic E-state index is 0.144. The lowest BCUT2D eigenvalue weighted by Gasteiger charge is -2.34. The van der Waals surface area contributed by atoms with Crippen LogP contribution in [-0.4, -0.2) is 25.3 Å². The van der Waals surface area contributed by atoms with Gasteiger partial charge in [-0.2, -0.15) is 0 Å². The first-order chi connectivity index (χ1) is 7.68. The summed E-state index contributed by atoms with van der Waals surface area (Å²) in [5.74, 6) is 0. The van der Waals surface area contributed by atoms with Crippen molar-refractivity contribution in [1.82, 2.24) is 5.32 Å². The molecule has 1 fully saturated rings. The molecule has 1 aliphatic rings. The molecule has 1 unspecified atom stereocenters. The minimum atomic E-state index is 0.144. The van der Waals surface area contributed by atoms with E-state index in [0.29, 0.717) is 0 Å². The van der Waals surface area contributed by atoms with Crippen LogP contribution in [0.1, 0.15) is 18.9 Å². The Morgan fingerprint density at radius 1 is 1.38 bits per heavy atom. The molecule has 1 heterocycles. The molecule has 0 amide bonds. The van der Waals surface area contributed by atoms with Crippen molar-refractivity contribution >= 4 is 15.9 Å². The zero-order valence-corrected chi connectivity index (χ0v) is 11.2. The van der Waals surface area contributed by atoms with Crippen LogP contribution < -0.4 is 5.32 Å². The number of nitrogens with one attached hydrogen (secondary N) is 1. The predicted octanol–water partition coefficient (Wildman–Crippen LogP) is 2.76. The number of rotatable bonds is 3. The Morgan fingerprint density at radius 2 is 2.12 bits per heavy atom. The van der Waals surface area contributed by atoms with Crippen molar-refractivity contribution in [2.45, 2.75) is 25.3 Å². The first kappa shape index (κ1) is 12.1. The zero-order valence-electron chi connectivity index (χ0n) is 9.63. The predicted molar refractivity (Wildman–Crippen MR) is 69.7 cm³/mol. The number of hydrogen-bond donors (Lipinski definition) is 1. The third kappa shape index (κ3) is 3.30. The second kappa shape index (κ2) is 5.30. The van der Waals surface area contributed by atoms with E-state index in [1.54, 1.807) is 0 Å². The molecule has 0 radical (unpaired) electrons. The average Bonchev–Trinajstić information content (AvgIpc) is 2.29. The number of morpholine rings is 1. The summed E-state index contributed by atoms with van der Waals surface area (Å²) >= 11 is 3.45. The second-order valence-corrected chi connectivity index (χ2v) is 5.58. The number of benzene rings is 1. The number of aryl methyl sites for hydroxylation is 1. The van der Waals surface area contributed by atoms with E-state index in [-0.39, 0.29) is 5.54 Å². The minimum Gasteiger partial charge on any atom is -0.378 e. The van der Waals surface area contributed by atoms with E-state index in [4.69, 9.17) is 4.74 Å². The molecule has 0 spiro atoms. The van der Waals surface area contributed by atoms with E-state index < -0.39 is 0 Å². The van der Waals surface area contributed by atoms with Gasteiger partial charge < -0.3 is 10.1 Å². The van der Waals surface area contributed by atoms with Crippen LogP contribution in [0.15, 0.2) is 28.7 Å². The van der Waals surface area contributed by atoms with E-state index in [1.807, 2.05) is 0 Å². The summed E-state index contributed by atoms with van der Waals surface area (Å²) < 4.78 is 6.66. The molecule has 1 atom stereocenters. The first-order valence-corrected chi connectivity index (χ1v) is 6.54. The normalized spacial score (nSPS) is 25.6. The van der Waals surface area contributed by atoms with Crippen molar-refractivity contribution in [1.29, 1.82) is 0 Å². The molecule has 1 aromatic rings. The van der Waals surface area contributed by atoms with E-state index in [0.717, 1.165) is 37.1 Å². The third-order valence-corrected chi connectivity index (χ3v) is 3.63. The second-order valence-electron chi connectivity index (χ2n) is 4.67. The molecule has 0 saturated carbocycles. The van der Waals surface area contributed by atoms with Crippen molar-refractivity contribution in [3.05, 3.63) is 34.3 Å². The highest BCUT2D eigenvalue weighted by molar-refractivity contribution is 9.10. The van der Waals surface area contributed by atoms with E-state index in [9.17, 15) is 0 Å². The fraction of sp³-hybridized carbons (Fsp3) is 0.538. The lowest BCUT2D eigenvalue weighted by Crippen LogP contribution is -2.52. The molecule has 3 heteroatoms. The van der Waals surface area contributed by atoms with Gasteiger partial charge in [-0.1, -0.05) is 28.1 Å². The lowest BCUT2D eigenvalue weighted by atomic mass is 9.93. The van der Waals surface area contributed by atoms with Gasteiger partial charge >= 0.3 is 0 Å². The van der Waals surface area contributed by atoms with Gasteiger partial charge in [0.05, 0.1) is 13.2 Å². The summed E-state index contributed by atoms with van der Waals surface area (Å²) in [5.41, 5.74) is 1.53. The Morgan fingerprint density at radius 3 is 2.75 bits per heavy atom. The van der Waals surface area contributed by atoms with E-state index in [1.165, 1.54) is 5.56 Å². The Labute approximate surface area is 106 Å². The highest BCUT2D eigenvalue weighted by atomic mass is 79.9. The molecule has 1 aromatic carbocycles. The van der Waals surface area contributed by atoms with Crippen molar-refractivity contribution < 1.29 is 4.74 Å². The quantitative estimate of drug-likeness (QED) is 0.921. The first-order valence-electron chi connectivity index (χ1n) is 5.75. The van der Waals surface area contributed by atoms with E-state index in [2.05, 4.69) is 52.4 Å². The van der Waals surface area contributed by atoms with Crippen LogP contribution in [0, 0.1) is 0 Å². The Balaban J connectivity index is 1.88. The lowest BCUT2D eigenvalue weighted by molar-refractivity contribution is 0.0318. The molecular weight excluding hydrogens is 266 g/mol. The summed E-state index contributed by atoms with van der Waals surface area (Å²) in [6.45, 7) is 4.87. The molecule has 1 N–H and O–H groups in total. The SMILES string of the molecule is CC1(CCc2ccc(Br)cc2)COCCN1. The molecule has 88 valence electrons. The van der Waals surface area contributed by atoms with Crippen molar-refractivity contribution in [2.24, 2.45) is 0 Å². The van der Waals surface area contributed by atoms with Crippen molar-refractivity contribution in [3.63, 3.8) is 0 Å². The van der Waals surface area contributed by atoms with Crippen molar-refractivity contribution in [2.75, 3.05) is 19.8 Å². The summed E-state index contributed by atoms with van der Waals surface area (Å²) in [5, 5.41) is 3.54. The standard InChI is InChI=1S/C13H18BrNO/c1-13(10-16-9-8-15-13)7-6-11-2-4-12(14)5-3-11/h2-5,15H,6-10H2,1H3. The highest BCUT2D eigenvalue weighted by Gasteiger charge is 2.26. The Bertz CT molecular complexity index is 330. The number of ether oxygens (including phenoxy) is 1. The molecule has 0 aliphatic carbocycles. The van der Waals surface area contributed by atoms with Gasteiger partial charge in [0.25, 0.3) is 0 Å². The molecule has 0 aromatic heterocycles. The van der Waals surface area contributed by atoms with Crippen LogP contribution in [0.4, 0.5) is 0 Å². The Kier molecular flexibility index (Phi) is 4.00. The fourth-order valence-electron chi connectivity index (χ4n) is 2.01. The van der Waals surface area contributed by atoms with Crippen LogP contribution in [0.5, 0.6) is 0 Å². The summed E-state index contributed by atoms with van der Waals surface area (Å²) in [6, 6.07) is 8.55. The summed E-state index contributed by atoms with van der Waals surface area (Å²) in [4.78, 5) is 0. The maximum atomic E-state index is 5.52. The largest absolute Gasteiger partial charge is 0.378 e. The number of halogens is 1. The van der Waals surface area contributed by atoms with Gasteiger partial charge in [-0.3, -0.25) is 0 Å². The molecule has 16 heavy (non-hydrogen) atoms. The topological polar surface area (TPSA) is 21.3 Å². The van der Waals surface area contributed by atoms with E-state index >= 15 is 0 Å². The zero-order chi connectivity index (χ0) is 11.4. The molecular formula is C13H18BrNO. The fourth-order valence-corrected chi connectivity index (χ4v) is 2.27. The maximum absolute atomic E-state index is 5.52. The van der Waals surface area contributed by atoms with Crippen LogP contribution in [0.3, 0.4) is 0 Å². The molecule has 0 bridgehead atoms. The number of hydrogen-bond acceptors (Lipinski definition) is 2. The molecule has 1 aliphatic heterocycles. The third-order valence-electron chi connectivity index (χ3n) is 3.10. The molecule has 2 rings (SSSR count). The Hall–Kier alpha value is -0.380. The average molecular weight is 284 g/mol. The smallest absolute Gasteiger partial charge is 0.0646 e. The van der Waals surface area contributed by atoms with Crippen LogP contribution >= 0.6 is 15.9 Å². The van der Waals surface area contributed by atoms with Gasteiger partial charge in [0.2, 0.25) is 0 Å². The van der Waals surface area contributed by atoms with Gasteiger partial charge in [-0.25, -0.2) is 0 Å².